The first kappa shape index (κ1) is 13.9. The van der Waals surface area contributed by atoms with E-state index in [2.05, 4.69) is 12.2 Å². The molecule has 88 valence electrons. The number of unbranched alkanes of at least 4 members (excludes halogenated alkanes) is 1. The molecule has 0 spiro atoms. The highest BCUT2D eigenvalue weighted by Gasteiger charge is 2.18. The van der Waals surface area contributed by atoms with Gasteiger partial charge in [0.05, 0.1) is 12.5 Å². The number of carboxylic acid groups (broad SMARTS) is 1. The highest BCUT2D eigenvalue weighted by atomic mass is 16.4. The van der Waals surface area contributed by atoms with Gasteiger partial charge in [-0.25, -0.2) is 0 Å². The first-order valence-corrected chi connectivity index (χ1v) is 5.25. The number of aliphatic carboxylic acids is 1. The largest absolute Gasteiger partial charge is 0.481 e. The summed E-state index contributed by atoms with van der Waals surface area (Å²) in [4.78, 5) is 21.7. The van der Waals surface area contributed by atoms with Gasteiger partial charge < -0.3 is 16.2 Å². The van der Waals surface area contributed by atoms with Crippen molar-refractivity contribution in [1.29, 1.82) is 0 Å². The Morgan fingerprint density at radius 2 is 2.07 bits per heavy atom. The summed E-state index contributed by atoms with van der Waals surface area (Å²) >= 11 is 0. The number of nitrogens with two attached hydrogens (primary N) is 1. The van der Waals surface area contributed by atoms with Crippen LogP contribution >= 0.6 is 0 Å². The first-order valence-electron chi connectivity index (χ1n) is 5.25. The van der Waals surface area contributed by atoms with Gasteiger partial charge in [-0.3, -0.25) is 9.59 Å². The molecule has 4 N–H and O–H groups in total. The molecule has 0 saturated carbocycles. The van der Waals surface area contributed by atoms with Crippen LogP contribution in [0.2, 0.25) is 0 Å². The predicted octanol–water partition coefficient (Wildman–Crippen LogP) is 0.483. The Hall–Kier alpha value is -1.10. The second-order valence-corrected chi connectivity index (χ2v) is 3.76. The van der Waals surface area contributed by atoms with Crippen molar-refractivity contribution in [2.45, 2.75) is 51.6 Å². The summed E-state index contributed by atoms with van der Waals surface area (Å²) in [6, 6.07) is -0.899. The highest BCUT2D eigenvalue weighted by Crippen LogP contribution is 2.00. The monoisotopic (exact) mass is 216 g/mol. The van der Waals surface area contributed by atoms with Gasteiger partial charge in [0.2, 0.25) is 5.91 Å². The van der Waals surface area contributed by atoms with Gasteiger partial charge >= 0.3 is 5.97 Å². The zero-order chi connectivity index (χ0) is 11.8. The topological polar surface area (TPSA) is 92.4 Å². The highest BCUT2D eigenvalue weighted by molar-refractivity contribution is 5.86. The van der Waals surface area contributed by atoms with Crippen molar-refractivity contribution in [3.63, 3.8) is 0 Å². The fourth-order valence-corrected chi connectivity index (χ4v) is 1.21. The molecule has 0 aliphatic heterocycles. The summed E-state index contributed by atoms with van der Waals surface area (Å²) in [6.45, 7) is 3.96. The van der Waals surface area contributed by atoms with Gasteiger partial charge in [0.15, 0.2) is 0 Å². The van der Waals surface area contributed by atoms with E-state index < -0.39 is 12.0 Å². The summed E-state index contributed by atoms with van der Waals surface area (Å²) in [7, 11) is 0. The molecular weight excluding hydrogens is 196 g/mol. The third-order valence-corrected chi connectivity index (χ3v) is 2.11. The number of carbonyl (C=O) groups excluding carboxylic acids is 1. The summed E-state index contributed by atoms with van der Waals surface area (Å²) in [5.41, 5.74) is 5.40. The number of carboxylic acids is 1. The van der Waals surface area contributed by atoms with E-state index in [9.17, 15) is 9.59 Å². The lowest BCUT2D eigenvalue weighted by Crippen LogP contribution is -2.45. The van der Waals surface area contributed by atoms with Crippen LogP contribution in [0.4, 0.5) is 0 Å². The second kappa shape index (κ2) is 7.23. The van der Waals surface area contributed by atoms with E-state index in [1.54, 1.807) is 0 Å². The van der Waals surface area contributed by atoms with Crippen LogP contribution in [-0.2, 0) is 9.59 Å². The maximum atomic E-state index is 11.4. The van der Waals surface area contributed by atoms with Crippen LogP contribution in [0.25, 0.3) is 0 Å². The number of amides is 1. The third-order valence-electron chi connectivity index (χ3n) is 2.11. The normalized spacial score (nSPS) is 14.3. The van der Waals surface area contributed by atoms with Gasteiger partial charge in [-0.2, -0.15) is 0 Å². The van der Waals surface area contributed by atoms with Gasteiger partial charge in [0.1, 0.15) is 0 Å². The van der Waals surface area contributed by atoms with E-state index in [0.717, 1.165) is 19.3 Å². The Labute approximate surface area is 90.0 Å². The van der Waals surface area contributed by atoms with Gasteiger partial charge in [0, 0.05) is 6.04 Å². The molecule has 0 aliphatic carbocycles. The summed E-state index contributed by atoms with van der Waals surface area (Å²) in [5, 5.41) is 11.1. The first-order chi connectivity index (χ1) is 6.97. The van der Waals surface area contributed by atoms with Crippen LogP contribution in [0.5, 0.6) is 0 Å². The molecular formula is C10H20N2O3. The number of carbonyl (C=O) groups is 2. The van der Waals surface area contributed by atoms with Gasteiger partial charge in [0.25, 0.3) is 0 Å². The molecule has 0 aromatic heterocycles. The molecule has 0 aromatic carbocycles. The molecule has 5 heteroatoms. The quantitative estimate of drug-likeness (QED) is 0.577. The molecule has 0 fully saturated rings. The van der Waals surface area contributed by atoms with E-state index >= 15 is 0 Å². The Bertz CT molecular complexity index is 219. The summed E-state index contributed by atoms with van der Waals surface area (Å²) in [6.07, 6.45) is 2.67. The van der Waals surface area contributed by atoms with Crippen molar-refractivity contribution in [3.05, 3.63) is 0 Å². The molecule has 5 nitrogen and oxygen atoms in total. The average Bonchev–Trinajstić information content (AvgIpc) is 2.13. The van der Waals surface area contributed by atoms with Crippen molar-refractivity contribution in [1.82, 2.24) is 5.32 Å². The molecule has 0 radical (unpaired) electrons. The van der Waals surface area contributed by atoms with Gasteiger partial charge in [-0.05, 0) is 13.3 Å². The van der Waals surface area contributed by atoms with E-state index in [1.807, 2.05) is 6.92 Å². The molecule has 0 heterocycles. The van der Waals surface area contributed by atoms with Crippen LogP contribution < -0.4 is 11.1 Å². The molecule has 0 aromatic rings. The molecule has 0 aliphatic rings. The Morgan fingerprint density at radius 1 is 1.47 bits per heavy atom. The maximum Gasteiger partial charge on any atom is 0.305 e. The van der Waals surface area contributed by atoms with E-state index in [4.69, 9.17) is 10.8 Å². The third kappa shape index (κ3) is 6.90. The average molecular weight is 216 g/mol. The van der Waals surface area contributed by atoms with Crippen LogP contribution in [0.3, 0.4) is 0 Å². The van der Waals surface area contributed by atoms with Crippen molar-refractivity contribution < 1.29 is 14.7 Å². The Morgan fingerprint density at radius 3 is 2.53 bits per heavy atom. The molecule has 1 amide bonds. The second-order valence-electron chi connectivity index (χ2n) is 3.76. The lowest BCUT2D eigenvalue weighted by molar-refractivity contribution is -0.139. The molecule has 0 saturated heterocycles. The van der Waals surface area contributed by atoms with Crippen LogP contribution in [0.1, 0.15) is 39.5 Å². The minimum absolute atomic E-state index is 0.0531. The number of hydrogen-bond acceptors (Lipinski definition) is 3. The number of hydrogen-bond donors (Lipinski definition) is 3. The van der Waals surface area contributed by atoms with Crippen LogP contribution in [-0.4, -0.2) is 29.1 Å². The van der Waals surface area contributed by atoms with Crippen LogP contribution in [0.15, 0.2) is 0 Å². The predicted molar refractivity (Wildman–Crippen MR) is 57.4 cm³/mol. The molecule has 2 atom stereocenters. The lowest BCUT2D eigenvalue weighted by atomic mass is 10.1. The zero-order valence-corrected chi connectivity index (χ0v) is 9.32. The maximum absolute atomic E-state index is 11.4. The fourth-order valence-electron chi connectivity index (χ4n) is 1.21. The fraction of sp³-hybridized carbons (Fsp3) is 0.800. The molecule has 2 unspecified atom stereocenters. The smallest absolute Gasteiger partial charge is 0.305 e. The van der Waals surface area contributed by atoms with Gasteiger partial charge in [-0.1, -0.05) is 19.8 Å². The number of nitrogens with one attached hydrogen (secondary N) is 1. The summed E-state index contributed by atoms with van der Waals surface area (Å²) in [5.74, 6) is -1.44. The van der Waals surface area contributed by atoms with Crippen molar-refractivity contribution in [2.24, 2.45) is 5.73 Å². The van der Waals surface area contributed by atoms with Crippen molar-refractivity contribution >= 4 is 11.9 Å². The van der Waals surface area contributed by atoms with Crippen molar-refractivity contribution in [2.75, 3.05) is 0 Å². The Kier molecular flexibility index (Phi) is 6.70. The number of rotatable bonds is 7. The molecule has 0 rings (SSSR count). The minimum atomic E-state index is -1.06. The van der Waals surface area contributed by atoms with Crippen LogP contribution in [0, 0.1) is 0 Å². The standard InChI is InChI=1S/C10H20N2O3/c1-3-4-5-7(2)12-10(15)8(11)6-9(13)14/h7-8H,3-6,11H2,1-2H3,(H,12,15)(H,13,14). The lowest BCUT2D eigenvalue weighted by Gasteiger charge is -2.16. The molecule has 15 heavy (non-hydrogen) atoms. The SMILES string of the molecule is CCCCC(C)NC(=O)C(N)CC(=O)O. The van der Waals surface area contributed by atoms with E-state index in [0.29, 0.717) is 0 Å². The zero-order valence-electron chi connectivity index (χ0n) is 9.32. The van der Waals surface area contributed by atoms with Crippen molar-refractivity contribution in [3.8, 4) is 0 Å². The minimum Gasteiger partial charge on any atom is -0.481 e. The van der Waals surface area contributed by atoms with Gasteiger partial charge in [-0.15, -0.1) is 0 Å². The van der Waals surface area contributed by atoms with E-state index in [-0.39, 0.29) is 18.4 Å². The summed E-state index contributed by atoms with van der Waals surface area (Å²) < 4.78 is 0. The molecule has 0 bridgehead atoms. The van der Waals surface area contributed by atoms with E-state index in [1.165, 1.54) is 0 Å². The Balaban J connectivity index is 3.85.